The zero-order valence-electron chi connectivity index (χ0n) is 12.0. The Morgan fingerprint density at radius 2 is 2.14 bits per heavy atom. The Balaban J connectivity index is 1.99. The second-order valence-corrected chi connectivity index (χ2v) is 4.83. The summed E-state index contributed by atoms with van der Waals surface area (Å²) >= 11 is 0. The third-order valence-corrected chi connectivity index (χ3v) is 3.09. The van der Waals surface area contributed by atoms with E-state index in [1.54, 1.807) is 23.0 Å². The first kappa shape index (κ1) is 14.8. The average molecular weight is 287 g/mol. The van der Waals surface area contributed by atoms with Crippen LogP contribution < -0.4 is 5.32 Å². The van der Waals surface area contributed by atoms with Gasteiger partial charge in [-0.25, -0.2) is 0 Å². The van der Waals surface area contributed by atoms with Gasteiger partial charge in [-0.2, -0.15) is 5.10 Å². The fourth-order valence-corrected chi connectivity index (χ4v) is 2.00. The van der Waals surface area contributed by atoms with Crippen molar-refractivity contribution in [2.24, 2.45) is 7.05 Å². The van der Waals surface area contributed by atoms with Gasteiger partial charge in [0.15, 0.2) is 5.78 Å². The van der Waals surface area contributed by atoms with Crippen molar-refractivity contribution in [3.05, 3.63) is 41.7 Å². The number of hydrogen-bond donors (Lipinski definition) is 2. The molecule has 0 aliphatic rings. The van der Waals surface area contributed by atoms with Crippen LogP contribution in [0, 0.1) is 0 Å². The van der Waals surface area contributed by atoms with Crippen LogP contribution in [0.4, 0.5) is 5.69 Å². The van der Waals surface area contributed by atoms with Crippen LogP contribution in [0.2, 0.25) is 0 Å². The smallest absolute Gasteiger partial charge is 0.224 e. The molecule has 0 aliphatic heterocycles. The molecule has 2 aromatic rings. The molecule has 0 aliphatic carbocycles. The van der Waals surface area contributed by atoms with Gasteiger partial charge in [0.2, 0.25) is 5.91 Å². The number of Topliss-reactive ketones (excluding diaryl/α,β-unsaturated/α-hetero) is 1. The van der Waals surface area contributed by atoms with Gasteiger partial charge in [-0.15, -0.1) is 0 Å². The third kappa shape index (κ3) is 3.68. The molecule has 1 aromatic carbocycles. The largest absolute Gasteiger partial charge is 0.505 e. The van der Waals surface area contributed by atoms with Gasteiger partial charge >= 0.3 is 0 Å². The maximum Gasteiger partial charge on any atom is 0.224 e. The fraction of sp³-hybridized carbons (Fsp3) is 0.267. The van der Waals surface area contributed by atoms with Crippen molar-refractivity contribution in [3.63, 3.8) is 0 Å². The number of phenols is 1. The highest BCUT2D eigenvalue weighted by molar-refractivity contribution is 6.01. The van der Waals surface area contributed by atoms with E-state index in [9.17, 15) is 14.7 Å². The summed E-state index contributed by atoms with van der Waals surface area (Å²) in [5.74, 6) is -0.673. The summed E-state index contributed by atoms with van der Waals surface area (Å²) in [5, 5.41) is 16.6. The molecule has 0 unspecified atom stereocenters. The van der Waals surface area contributed by atoms with E-state index in [1.165, 1.54) is 13.0 Å². The molecule has 6 nitrogen and oxygen atoms in total. The summed E-state index contributed by atoms with van der Waals surface area (Å²) in [5.41, 5.74) is 1.41. The highest BCUT2D eigenvalue weighted by atomic mass is 16.3. The van der Waals surface area contributed by atoms with E-state index in [0.29, 0.717) is 6.42 Å². The Labute approximate surface area is 122 Å². The van der Waals surface area contributed by atoms with Crippen LogP contribution in [0.15, 0.2) is 30.6 Å². The Morgan fingerprint density at radius 1 is 1.38 bits per heavy atom. The van der Waals surface area contributed by atoms with Crippen LogP contribution in [0.1, 0.15) is 29.3 Å². The van der Waals surface area contributed by atoms with Crippen molar-refractivity contribution in [1.29, 1.82) is 0 Å². The first-order valence-electron chi connectivity index (χ1n) is 6.57. The number of rotatable bonds is 5. The Kier molecular flexibility index (Phi) is 4.37. The van der Waals surface area contributed by atoms with E-state index in [2.05, 4.69) is 10.4 Å². The molecule has 0 saturated heterocycles. The van der Waals surface area contributed by atoms with E-state index in [0.717, 1.165) is 5.56 Å². The lowest BCUT2D eigenvalue weighted by Gasteiger charge is -2.09. The van der Waals surface area contributed by atoms with Gasteiger partial charge < -0.3 is 10.4 Å². The number of ketones is 1. The van der Waals surface area contributed by atoms with Crippen LogP contribution >= 0.6 is 0 Å². The molecule has 0 bridgehead atoms. The summed E-state index contributed by atoms with van der Waals surface area (Å²) in [6.45, 7) is 1.36. The van der Waals surface area contributed by atoms with Gasteiger partial charge in [-0.3, -0.25) is 14.3 Å². The number of aromatic hydroxyl groups is 1. The van der Waals surface area contributed by atoms with Crippen LogP contribution in [0.5, 0.6) is 5.75 Å². The van der Waals surface area contributed by atoms with E-state index in [4.69, 9.17) is 0 Å². The van der Waals surface area contributed by atoms with Gasteiger partial charge in [0.1, 0.15) is 5.75 Å². The molecule has 0 saturated carbocycles. The quantitative estimate of drug-likeness (QED) is 0.650. The second-order valence-electron chi connectivity index (χ2n) is 4.83. The molecule has 2 N–H and O–H groups in total. The molecule has 0 spiro atoms. The topological polar surface area (TPSA) is 84.2 Å². The molecule has 6 heteroatoms. The van der Waals surface area contributed by atoms with Crippen LogP contribution in [0.3, 0.4) is 0 Å². The molecular formula is C15H17N3O3. The van der Waals surface area contributed by atoms with Crippen molar-refractivity contribution in [2.75, 3.05) is 5.32 Å². The highest BCUT2D eigenvalue weighted by Gasteiger charge is 2.12. The number of anilines is 1. The van der Waals surface area contributed by atoms with Gasteiger partial charge in [0.05, 0.1) is 17.4 Å². The minimum atomic E-state index is -0.251. The number of phenolic OH excluding ortho intramolecular Hbond substituents is 1. The summed E-state index contributed by atoms with van der Waals surface area (Å²) in [7, 11) is 1.81. The SMILES string of the molecule is CC(=O)c1cccc(NC(=O)CCc2cnn(C)c2)c1O. The normalized spacial score (nSPS) is 10.4. The Morgan fingerprint density at radius 3 is 2.76 bits per heavy atom. The number of aryl methyl sites for hydroxylation is 2. The monoisotopic (exact) mass is 287 g/mol. The van der Waals surface area contributed by atoms with E-state index < -0.39 is 0 Å². The summed E-state index contributed by atoms with van der Waals surface area (Å²) in [4.78, 5) is 23.2. The van der Waals surface area contributed by atoms with Crippen molar-refractivity contribution in [3.8, 4) is 5.75 Å². The van der Waals surface area contributed by atoms with Crippen LogP contribution in [-0.4, -0.2) is 26.6 Å². The molecule has 0 atom stereocenters. The molecule has 1 amide bonds. The lowest BCUT2D eigenvalue weighted by Crippen LogP contribution is -2.13. The summed E-state index contributed by atoms with van der Waals surface area (Å²) in [6.07, 6.45) is 4.39. The van der Waals surface area contributed by atoms with Gasteiger partial charge in [0.25, 0.3) is 0 Å². The first-order valence-corrected chi connectivity index (χ1v) is 6.57. The predicted molar refractivity (Wildman–Crippen MR) is 78.3 cm³/mol. The zero-order chi connectivity index (χ0) is 15.4. The second kappa shape index (κ2) is 6.21. The molecular weight excluding hydrogens is 270 g/mol. The molecule has 0 fully saturated rings. The lowest BCUT2D eigenvalue weighted by molar-refractivity contribution is -0.116. The first-order chi connectivity index (χ1) is 9.97. The lowest BCUT2D eigenvalue weighted by atomic mass is 10.1. The number of carbonyl (C=O) groups is 2. The number of carbonyl (C=O) groups excluding carboxylic acids is 2. The van der Waals surface area contributed by atoms with Crippen LogP contribution in [-0.2, 0) is 18.3 Å². The Hall–Kier alpha value is -2.63. The Bertz CT molecular complexity index is 677. The minimum absolute atomic E-state index is 0.194. The third-order valence-electron chi connectivity index (χ3n) is 3.09. The van der Waals surface area contributed by atoms with E-state index in [1.807, 2.05) is 13.2 Å². The highest BCUT2D eigenvalue weighted by Crippen LogP contribution is 2.27. The van der Waals surface area contributed by atoms with Crippen molar-refractivity contribution in [1.82, 2.24) is 9.78 Å². The number of aromatic nitrogens is 2. The number of nitrogens with zero attached hydrogens (tertiary/aromatic N) is 2. The van der Waals surface area contributed by atoms with Crippen molar-refractivity contribution < 1.29 is 14.7 Å². The van der Waals surface area contributed by atoms with Gasteiger partial charge in [-0.05, 0) is 31.0 Å². The minimum Gasteiger partial charge on any atom is -0.505 e. The molecule has 2 rings (SSSR count). The number of amides is 1. The van der Waals surface area contributed by atoms with E-state index in [-0.39, 0.29) is 35.1 Å². The standard InChI is InChI=1S/C15H17N3O3/c1-10(19)12-4-3-5-13(15(12)21)17-14(20)7-6-11-8-16-18(2)9-11/h3-5,8-9,21H,6-7H2,1-2H3,(H,17,20). The number of nitrogens with one attached hydrogen (secondary N) is 1. The maximum atomic E-state index is 11.9. The molecule has 1 heterocycles. The molecule has 21 heavy (non-hydrogen) atoms. The number of para-hydroxylation sites is 1. The molecule has 0 radical (unpaired) electrons. The van der Waals surface area contributed by atoms with E-state index >= 15 is 0 Å². The van der Waals surface area contributed by atoms with Crippen molar-refractivity contribution >= 4 is 17.4 Å². The van der Waals surface area contributed by atoms with Crippen LogP contribution in [0.25, 0.3) is 0 Å². The van der Waals surface area contributed by atoms with Gasteiger partial charge in [0, 0.05) is 19.7 Å². The summed E-state index contributed by atoms with van der Waals surface area (Å²) in [6, 6.07) is 4.69. The number of benzene rings is 1. The van der Waals surface area contributed by atoms with Crippen molar-refractivity contribution in [2.45, 2.75) is 19.8 Å². The maximum absolute atomic E-state index is 11.9. The fourth-order valence-electron chi connectivity index (χ4n) is 2.00. The number of hydrogen-bond acceptors (Lipinski definition) is 4. The molecule has 110 valence electrons. The average Bonchev–Trinajstić information content (AvgIpc) is 2.84. The summed E-state index contributed by atoms with van der Waals surface area (Å²) < 4.78 is 1.68. The zero-order valence-corrected chi connectivity index (χ0v) is 12.0. The van der Waals surface area contributed by atoms with Gasteiger partial charge in [-0.1, -0.05) is 6.07 Å². The molecule has 1 aromatic heterocycles. The predicted octanol–water partition coefficient (Wildman–Crippen LogP) is 1.90.